The molecule has 1 unspecified atom stereocenters. The van der Waals surface area contributed by atoms with Gasteiger partial charge in [-0.3, -0.25) is 9.59 Å². The Kier molecular flexibility index (Phi) is 7.12. The van der Waals surface area contributed by atoms with Gasteiger partial charge in [0, 0.05) is 23.9 Å². The van der Waals surface area contributed by atoms with E-state index in [2.05, 4.69) is 5.32 Å². The molecule has 1 fully saturated rings. The van der Waals surface area contributed by atoms with E-state index < -0.39 is 18.1 Å². The monoisotopic (exact) mass is 426 g/mol. The van der Waals surface area contributed by atoms with Gasteiger partial charge in [0.2, 0.25) is 5.91 Å². The number of rotatable bonds is 9. The van der Waals surface area contributed by atoms with E-state index in [-0.39, 0.29) is 18.1 Å². The average Bonchev–Trinajstić information content (AvgIpc) is 3.29. The number of ether oxygens (including phenoxy) is 2. The lowest BCUT2D eigenvalue weighted by molar-refractivity contribution is -0.148. The van der Waals surface area contributed by atoms with Gasteiger partial charge in [-0.15, -0.1) is 0 Å². The van der Waals surface area contributed by atoms with Crippen LogP contribution in [-0.4, -0.2) is 60.5 Å². The van der Waals surface area contributed by atoms with Gasteiger partial charge in [0.1, 0.15) is 6.04 Å². The molecule has 8 nitrogen and oxygen atoms in total. The lowest BCUT2D eigenvalue weighted by atomic mass is 10.00. The van der Waals surface area contributed by atoms with Crippen LogP contribution in [0.4, 0.5) is 5.69 Å². The van der Waals surface area contributed by atoms with Crippen molar-refractivity contribution in [2.75, 3.05) is 26.1 Å². The van der Waals surface area contributed by atoms with Crippen LogP contribution < -0.4 is 14.8 Å². The molecule has 1 heterocycles. The number of hydrogen-bond donors (Lipinski definition) is 2. The van der Waals surface area contributed by atoms with E-state index in [4.69, 9.17) is 9.47 Å². The first-order chi connectivity index (χ1) is 14.9. The molecule has 1 amide bonds. The molecule has 3 rings (SSSR count). The van der Waals surface area contributed by atoms with Crippen LogP contribution in [-0.2, 0) is 9.59 Å². The molecular weight excluding hydrogens is 400 g/mol. The fourth-order valence-electron chi connectivity index (χ4n) is 3.75. The first-order valence-electron chi connectivity index (χ1n) is 10.0. The second-order valence-electron chi connectivity index (χ2n) is 7.28. The summed E-state index contributed by atoms with van der Waals surface area (Å²) < 4.78 is 10.6. The Morgan fingerprint density at radius 2 is 1.81 bits per heavy atom. The highest BCUT2D eigenvalue weighted by atomic mass is 16.5. The lowest BCUT2D eigenvalue weighted by Gasteiger charge is -2.25. The number of likely N-dealkylation sites (tertiary alicyclic amines) is 1. The van der Waals surface area contributed by atoms with Gasteiger partial charge in [0.05, 0.1) is 26.7 Å². The van der Waals surface area contributed by atoms with Gasteiger partial charge in [0.15, 0.2) is 17.3 Å². The van der Waals surface area contributed by atoms with Crippen molar-refractivity contribution in [1.82, 2.24) is 4.90 Å². The van der Waals surface area contributed by atoms with Crippen LogP contribution in [0.3, 0.4) is 0 Å². The van der Waals surface area contributed by atoms with E-state index in [9.17, 15) is 19.5 Å². The Morgan fingerprint density at radius 1 is 1.10 bits per heavy atom. The predicted octanol–water partition coefficient (Wildman–Crippen LogP) is 2.83. The van der Waals surface area contributed by atoms with Crippen LogP contribution in [0.5, 0.6) is 11.5 Å². The van der Waals surface area contributed by atoms with Crippen LogP contribution in [0.1, 0.15) is 29.6 Å². The van der Waals surface area contributed by atoms with E-state index in [0.29, 0.717) is 42.1 Å². The SMILES string of the molecule is COc1ccc(NC(CC(=O)N2CCC[C@H]2C(=O)O)C(=O)c2ccccc2)cc1OC. The van der Waals surface area contributed by atoms with Gasteiger partial charge in [-0.25, -0.2) is 4.79 Å². The van der Waals surface area contributed by atoms with Crippen molar-refractivity contribution in [3.05, 3.63) is 54.1 Å². The molecule has 2 N–H and O–H groups in total. The minimum Gasteiger partial charge on any atom is -0.493 e. The third kappa shape index (κ3) is 5.14. The van der Waals surface area contributed by atoms with Crippen molar-refractivity contribution < 1.29 is 29.0 Å². The van der Waals surface area contributed by atoms with Crippen LogP contribution in [0.15, 0.2) is 48.5 Å². The topological polar surface area (TPSA) is 105 Å². The number of carboxylic acid groups (broad SMARTS) is 1. The summed E-state index contributed by atoms with van der Waals surface area (Å²) in [6.07, 6.45) is 0.885. The van der Waals surface area contributed by atoms with Crippen molar-refractivity contribution in [3.63, 3.8) is 0 Å². The molecular formula is C23H26N2O6. The highest BCUT2D eigenvalue weighted by Gasteiger charge is 2.36. The summed E-state index contributed by atoms with van der Waals surface area (Å²) >= 11 is 0. The number of carbonyl (C=O) groups excluding carboxylic acids is 2. The Hall–Kier alpha value is -3.55. The first-order valence-corrected chi connectivity index (χ1v) is 10.0. The van der Waals surface area contributed by atoms with Crippen LogP contribution in [0.2, 0.25) is 0 Å². The van der Waals surface area contributed by atoms with Crippen molar-refractivity contribution in [1.29, 1.82) is 0 Å². The zero-order valence-corrected chi connectivity index (χ0v) is 17.5. The van der Waals surface area contributed by atoms with Gasteiger partial charge < -0.3 is 24.8 Å². The highest BCUT2D eigenvalue weighted by Crippen LogP contribution is 2.30. The lowest BCUT2D eigenvalue weighted by Crippen LogP contribution is -2.44. The molecule has 31 heavy (non-hydrogen) atoms. The number of ketones is 1. The number of benzene rings is 2. The molecule has 1 aliphatic heterocycles. The van der Waals surface area contributed by atoms with Gasteiger partial charge in [-0.1, -0.05) is 30.3 Å². The number of carbonyl (C=O) groups is 3. The maximum absolute atomic E-state index is 13.2. The number of anilines is 1. The third-order valence-corrected chi connectivity index (χ3v) is 5.34. The molecule has 8 heteroatoms. The Balaban J connectivity index is 1.85. The smallest absolute Gasteiger partial charge is 0.326 e. The summed E-state index contributed by atoms with van der Waals surface area (Å²) in [4.78, 5) is 39.0. The summed E-state index contributed by atoms with van der Waals surface area (Å²) in [5.74, 6) is -0.627. The van der Waals surface area contributed by atoms with E-state index in [0.717, 1.165) is 0 Å². The fourth-order valence-corrected chi connectivity index (χ4v) is 3.75. The van der Waals surface area contributed by atoms with Gasteiger partial charge in [-0.05, 0) is 25.0 Å². The number of Topliss-reactive ketones (excluding diaryl/α,β-unsaturated/α-hetero) is 1. The summed E-state index contributed by atoms with van der Waals surface area (Å²) in [6, 6.07) is 12.1. The molecule has 0 saturated carbocycles. The Bertz CT molecular complexity index is 946. The Labute approximate surface area is 180 Å². The quantitative estimate of drug-likeness (QED) is 0.594. The molecule has 2 aromatic rings. The Morgan fingerprint density at radius 3 is 2.45 bits per heavy atom. The number of nitrogens with one attached hydrogen (secondary N) is 1. The summed E-state index contributed by atoms with van der Waals surface area (Å²) in [5, 5.41) is 12.5. The number of aliphatic carboxylic acids is 1. The number of methoxy groups -OCH3 is 2. The number of amides is 1. The second-order valence-corrected chi connectivity index (χ2v) is 7.28. The van der Waals surface area contributed by atoms with Gasteiger partial charge in [-0.2, -0.15) is 0 Å². The molecule has 2 atom stereocenters. The first kappa shape index (κ1) is 22.1. The number of carboxylic acids is 1. The normalized spacial score (nSPS) is 16.5. The zero-order chi connectivity index (χ0) is 22.4. The number of hydrogen-bond acceptors (Lipinski definition) is 6. The van der Waals surface area contributed by atoms with Crippen molar-refractivity contribution in [2.45, 2.75) is 31.3 Å². The summed E-state index contributed by atoms with van der Waals surface area (Å²) in [7, 11) is 3.04. The summed E-state index contributed by atoms with van der Waals surface area (Å²) in [6.45, 7) is 0.373. The molecule has 0 radical (unpaired) electrons. The molecule has 0 aromatic heterocycles. The molecule has 164 valence electrons. The average molecular weight is 426 g/mol. The van der Waals surface area contributed by atoms with Gasteiger partial charge in [0.25, 0.3) is 0 Å². The highest BCUT2D eigenvalue weighted by molar-refractivity contribution is 6.04. The second kappa shape index (κ2) is 9.97. The minimum atomic E-state index is -1.02. The molecule has 0 bridgehead atoms. The van der Waals surface area contributed by atoms with E-state index in [1.807, 2.05) is 0 Å². The molecule has 0 spiro atoms. The standard InChI is InChI=1S/C23H26N2O6/c1-30-19-11-10-16(13-20(19)31-2)24-17(22(27)15-7-4-3-5-8-15)14-21(26)25-12-6-9-18(25)23(28)29/h3-5,7-8,10-11,13,17-18,24H,6,9,12,14H2,1-2H3,(H,28,29)/t17?,18-/m0/s1. The fraction of sp³-hybridized carbons (Fsp3) is 0.348. The van der Waals surface area contributed by atoms with Crippen LogP contribution in [0, 0.1) is 0 Å². The van der Waals surface area contributed by atoms with Crippen molar-refractivity contribution in [2.24, 2.45) is 0 Å². The third-order valence-electron chi connectivity index (χ3n) is 5.34. The van der Waals surface area contributed by atoms with Gasteiger partial charge >= 0.3 is 5.97 Å². The van der Waals surface area contributed by atoms with E-state index in [1.54, 1.807) is 48.5 Å². The largest absolute Gasteiger partial charge is 0.493 e. The van der Waals surface area contributed by atoms with Crippen LogP contribution in [0.25, 0.3) is 0 Å². The molecule has 0 aliphatic carbocycles. The van der Waals surface area contributed by atoms with Crippen molar-refractivity contribution >= 4 is 23.3 Å². The maximum Gasteiger partial charge on any atom is 0.326 e. The van der Waals surface area contributed by atoms with E-state index >= 15 is 0 Å². The minimum absolute atomic E-state index is 0.161. The zero-order valence-electron chi connectivity index (χ0n) is 17.5. The molecule has 1 aliphatic rings. The summed E-state index contributed by atoms with van der Waals surface area (Å²) in [5.41, 5.74) is 1.04. The maximum atomic E-state index is 13.2. The predicted molar refractivity (Wildman–Crippen MR) is 115 cm³/mol. The number of nitrogens with zero attached hydrogens (tertiary/aromatic N) is 1. The van der Waals surface area contributed by atoms with Crippen molar-refractivity contribution in [3.8, 4) is 11.5 Å². The molecule has 2 aromatic carbocycles. The molecule has 1 saturated heterocycles. The van der Waals surface area contributed by atoms with E-state index in [1.165, 1.54) is 19.1 Å². The van der Waals surface area contributed by atoms with Crippen LogP contribution >= 0.6 is 0 Å².